The molecule has 0 amide bonds. The molecule has 0 aliphatic heterocycles. The Morgan fingerprint density at radius 3 is 2.78 bits per heavy atom. The number of rotatable bonds is 4. The van der Waals surface area contributed by atoms with Crippen molar-refractivity contribution in [3.05, 3.63) is 12.3 Å². The van der Waals surface area contributed by atoms with Gasteiger partial charge in [-0.3, -0.25) is 0 Å². The van der Waals surface area contributed by atoms with Crippen molar-refractivity contribution >= 4 is 0 Å². The van der Waals surface area contributed by atoms with E-state index in [1.54, 1.807) is 6.26 Å². The minimum atomic E-state index is 0.256. The average molecular weight is 129 g/mol. The largest absolute Gasteiger partial charge is 0.499 e. The first-order valence-electron chi connectivity index (χ1n) is 3.28. The molecule has 1 unspecified atom stereocenters. The van der Waals surface area contributed by atoms with Gasteiger partial charge in [-0.15, -0.1) is 0 Å². The van der Waals surface area contributed by atoms with Gasteiger partial charge >= 0.3 is 0 Å². The SMILES string of the molecule is C/C=C\OC(C)CCN. The molecule has 0 spiro atoms. The van der Waals surface area contributed by atoms with Crippen LogP contribution >= 0.6 is 0 Å². The molecule has 0 aromatic heterocycles. The highest BCUT2D eigenvalue weighted by atomic mass is 16.5. The second-order valence-corrected chi connectivity index (χ2v) is 1.99. The summed E-state index contributed by atoms with van der Waals surface area (Å²) in [7, 11) is 0. The third-order valence-corrected chi connectivity index (χ3v) is 1.02. The Balaban J connectivity index is 3.15. The van der Waals surface area contributed by atoms with Crippen LogP contribution in [-0.4, -0.2) is 12.6 Å². The molecule has 0 heterocycles. The van der Waals surface area contributed by atoms with E-state index in [0.717, 1.165) is 6.42 Å². The fourth-order valence-corrected chi connectivity index (χ4v) is 0.515. The molecule has 2 heteroatoms. The summed E-state index contributed by atoms with van der Waals surface area (Å²) in [5.74, 6) is 0. The van der Waals surface area contributed by atoms with Crippen LogP contribution in [0.3, 0.4) is 0 Å². The Morgan fingerprint density at radius 1 is 1.67 bits per heavy atom. The molecule has 0 fully saturated rings. The Hall–Kier alpha value is -0.500. The van der Waals surface area contributed by atoms with Gasteiger partial charge in [0.25, 0.3) is 0 Å². The molecule has 0 aromatic rings. The topological polar surface area (TPSA) is 35.2 Å². The first-order chi connectivity index (χ1) is 4.31. The summed E-state index contributed by atoms with van der Waals surface area (Å²) < 4.78 is 5.17. The van der Waals surface area contributed by atoms with Crippen LogP contribution in [0.2, 0.25) is 0 Å². The summed E-state index contributed by atoms with van der Waals surface area (Å²) >= 11 is 0. The lowest BCUT2D eigenvalue weighted by Gasteiger charge is -2.07. The number of hydrogen-bond acceptors (Lipinski definition) is 2. The van der Waals surface area contributed by atoms with Gasteiger partial charge in [-0.1, -0.05) is 6.08 Å². The van der Waals surface area contributed by atoms with E-state index in [2.05, 4.69) is 0 Å². The van der Waals surface area contributed by atoms with Gasteiger partial charge in [0.15, 0.2) is 0 Å². The fraction of sp³-hybridized carbons (Fsp3) is 0.714. The summed E-state index contributed by atoms with van der Waals surface area (Å²) in [5, 5.41) is 0. The summed E-state index contributed by atoms with van der Waals surface area (Å²) in [6, 6.07) is 0. The molecule has 54 valence electrons. The minimum absolute atomic E-state index is 0.256. The Labute approximate surface area is 56.7 Å². The van der Waals surface area contributed by atoms with Crippen molar-refractivity contribution in [1.29, 1.82) is 0 Å². The van der Waals surface area contributed by atoms with Crippen LogP contribution < -0.4 is 5.73 Å². The molecule has 1 atom stereocenters. The van der Waals surface area contributed by atoms with Crippen LogP contribution in [-0.2, 0) is 4.74 Å². The number of allylic oxidation sites excluding steroid dienone is 1. The van der Waals surface area contributed by atoms with Crippen molar-refractivity contribution in [3.8, 4) is 0 Å². The van der Waals surface area contributed by atoms with Gasteiger partial charge in [-0.25, -0.2) is 0 Å². The van der Waals surface area contributed by atoms with Crippen LogP contribution in [0.5, 0.6) is 0 Å². The maximum Gasteiger partial charge on any atom is 0.0962 e. The Bertz CT molecular complexity index is 81.0. The van der Waals surface area contributed by atoms with Crippen LogP contribution in [0, 0.1) is 0 Å². The second-order valence-electron chi connectivity index (χ2n) is 1.99. The molecular formula is C7H15NO. The van der Waals surface area contributed by atoms with E-state index in [1.807, 2.05) is 19.9 Å². The van der Waals surface area contributed by atoms with Crippen LogP contribution in [0.1, 0.15) is 20.3 Å². The van der Waals surface area contributed by atoms with Gasteiger partial charge in [0.05, 0.1) is 12.4 Å². The van der Waals surface area contributed by atoms with Gasteiger partial charge in [0.2, 0.25) is 0 Å². The summed E-state index contributed by atoms with van der Waals surface area (Å²) in [6.45, 7) is 4.63. The van der Waals surface area contributed by atoms with E-state index in [4.69, 9.17) is 10.5 Å². The predicted octanol–water partition coefficient (Wildman–Crippen LogP) is 1.27. The van der Waals surface area contributed by atoms with E-state index in [1.165, 1.54) is 0 Å². The molecule has 0 aromatic carbocycles. The standard InChI is InChI=1S/C7H15NO/c1-3-6-9-7(2)4-5-8/h3,6-7H,4-5,8H2,1-2H3/b6-3-. The van der Waals surface area contributed by atoms with Crippen molar-refractivity contribution in [3.63, 3.8) is 0 Å². The Kier molecular flexibility index (Phi) is 5.32. The highest BCUT2D eigenvalue weighted by Gasteiger charge is 1.95. The third-order valence-electron chi connectivity index (χ3n) is 1.02. The zero-order valence-corrected chi connectivity index (χ0v) is 6.13. The van der Waals surface area contributed by atoms with Gasteiger partial charge in [-0.05, 0) is 26.8 Å². The summed E-state index contributed by atoms with van der Waals surface area (Å²) in [4.78, 5) is 0. The number of ether oxygens (including phenoxy) is 1. The quantitative estimate of drug-likeness (QED) is 0.580. The highest BCUT2D eigenvalue weighted by Crippen LogP contribution is 1.94. The molecule has 0 aliphatic carbocycles. The predicted molar refractivity (Wildman–Crippen MR) is 39.0 cm³/mol. The molecule has 2 N–H and O–H groups in total. The van der Waals surface area contributed by atoms with Gasteiger partial charge in [0.1, 0.15) is 0 Å². The minimum Gasteiger partial charge on any atom is -0.499 e. The fourth-order valence-electron chi connectivity index (χ4n) is 0.515. The van der Waals surface area contributed by atoms with Crippen molar-refractivity contribution < 1.29 is 4.74 Å². The molecule has 0 bridgehead atoms. The zero-order chi connectivity index (χ0) is 7.11. The number of hydrogen-bond donors (Lipinski definition) is 1. The monoisotopic (exact) mass is 129 g/mol. The molecule has 0 aliphatic rings. The van der Waals surface area contributed by atoms with Crippen molar-refractivity contribution in [2.75, 3.05) is 6.54 Å². The smallest absolute Gasteiger partial charge is 0.0962 e. The molecule has 0 saturated carbocycles. The van der Waals surface area contributed by atoms with E-state index in [-0.39, 0.29) is 6.10 Å². The highest BCUT2D eigenvalue weighted by molar-refractivity contribution is 4.67. The molecule has 2 nitrogen and oxygen atoms in total. The van der Waals surface area contributed by atoms with Crippen LogP contribution in [0.4, 0.5) is 0 Å². The lowest BCUT2D eigenvalue weighted by atomic mass is 10.3. The average Bonchev–Trinajstić information content (AvgIpc) is 1.85. The Morgan fingerprint density at radius 2 is 2.33 bits per heavy atom. The van der Waals surface area contributed by atoms with Gasteiger partial charge in [-0.2, -0.15) is 0 Å². The van der Waals surface area contributed by atoms with E-state index >= 15 is 0 Å². The molecule has 9 heavy (non-hydrogen) atoms. The van der Waals surface area contributed by atoms with E-state index < -0.39 is 0 Å². The van der Waals surface area contributed by atoms with Crippen molar-refractivity contribution in [2.45, 2.75) is 26.4 Å². The molecule has 0 radical (unpaired) electrons. The van der Waals surface area contributed by atoms with Gasteiger partial charge in [0, 0.05) is 0 Å². The first-order valence-corrected chi connectivity index (χ1v) is 3.28. The second kappa shape index (κ2) is 5.63. The van der Waals surface area contributed by atoms with Crippen LogP contribution in [0.15, 0.2) is 12.3 Å². The van der Waals surface area contributed by atoms with E-state index in [0.29, 0.717) is 6.54 Å². The molecular weight excluding hydrogens is 114 g/mol. The van der Waals surface area contributed by atoms with Crippen LogP contribution in [0.25, 0.3) is 0 Å². The lowest BCUT2D eigenvalue weighted by molar-refractivity contribution is 0.155. The maximum atomic E-state index is 5.30. The zero-order valence-electron chi connectivity index (χ0n) is 6.13. The lowest BCUT2D eigenvalue weighted by Crippen LogP contribution is -2.11. The third kappa shape index (κ3) is 5.37. The normalized spacial score (nSPS) is 14.1. The number of nitrogens with two attached hydrogens (primary N) is 1. The van der Waals surface area contributed by atoms with Crippen molar-refractivity contribution in [1.82, 2.24) is 0 Å². The van der Waals surface area contributed by atoms with Crippen molar-refractivity contribution in [2.24, 2.45) is 5.73 Å². The maximum absolute atomic E-state index is 5.30. The van der Waals surface area contributed by atoms with Gasteiger partial charge < -0.3 is 10.5 Å². The molecule has 0 saturated heterocycles. The summed E-state index contributed by atoms with van der Waals surface area (Å²) in [5.41, 5.74) is 5.30. The molecule has 0 rings (SSSR count). The van der Waals surface area contributed by atoms with E-state index in [9.17, 15) is 0 Å². The summed E-state index contributed by atoms with van der Waals surface area (Å²) in [6.07, 6.45) is 4.74. The first kappa shape index (κ1) is 8.50.